The Labute approximate surface area is 136 Å². The predicted molar refractivity (Wildman–Crippen MR) is 85.6 cm³/mol. The number of halogens is 1. The molecule has 0 spiro atoms. The van der Waals surface area contributed by atoms with Gasteiger partial charge in [0.2, 0.25) is 5.91 Å². The van der Waals surface area contributed by atoms with Crippen LogP contribution in [0.3, 0.4) is 0 Å². The maximum atomic E-state index is 13.2. The highest BCUT2D eigenvalue weighted by atomic mass is 19.1. The first-order valence-electron chi connectivity index (χ1n) is 8.12. The summed E-state index contributed by atoms with van der Waals surface area (Å²) in [6.07, 6.45) is 1.17. The van der Waals surface area contributed by atoms with E-state index in [0.29, 0.717) is 25.3 Å². The third kappa shape index (κ3) is 6.25. The van der Waals surface area contributed by atoms with Gasteiger partial charge < -0.3 is 14.7 Å². The molecule has 1 aromatic carbocycles. The summed E-state index contributed by atoms with van der Waals surface area (Å²) in [5.74, 6) is -0.255. The van der Waals surface area contributed by atoms with Crippen molar-refractivity contribution in [2.45, 2.75) is 12.8 Å². The van der Waals surface area contributed by atoms with E-state index in [1.807, 2.05) is 4.90 Å². The Kier molecular flexibility index (Phi) is 7.45. The fourth-order valence-corrected chi connectivity index (χ4v) is 2.74. The quantitative estimate of drug-likeness (QED) is 0.758. The molecule has 1 fully saturated rings. The van der Waals surface area contributed by atoms with Crippen molar-refractivity contribution in [1.82, 2.24) is 9.80 Å². The molecule has 0 aliphatic carbocycles. The number of carbonyl (C=O) groups is 1. The molecule has 23 heavy (non-hydrogen) atoms. The molecule has 0 radical (unpaired) electrons. The fraction of sp³-hybridized carbons (Fsp3) is 0.588. The van der Waals surface area contributed by atoms with Gasteiger partial charge >= 0.3 is 0 Å². The molecule has 1 saturated heterocycles. The molecule has 128 valence electrons. The number of hydrogen-bond donors (Lipinski definition) is 1. The summed E-state index contributed by atoms with van der Waals surface area (Å²) < 4.78 is 18.5. The molecular weight excluding hydrogens is 299 g/mol. The highest BCUT2D eigenvalue weighted by Gasteiger charge is 2.19. The van der Waals surface area contributed by atoms with Crippen molar-refractivity contribution in [3.63, 3.8) is 0 Å². The summed E-state index contributed by atoms with van der Waals surface area (Å²) in [6.45, 7) is 5.00. The third-order valence-corrected chi connectivity index (χ3v) is 3.97. The van der Waals surface area contributed by atoms with Crippen LogP contribution in [-0.2, 0) is 16.0 Å². The number of aliphatic hydroxyl groups excluding tert-OH is 1. The molecule has 1 aromatic rings. The van der Waals surface area contributed by atoms with E-state index in [-0.39, 0.29) is 24.8 Å². The van der Waals surface area contributed by atoms with Gasteiger partial charge in [0.1, 0.15) is 5.82 Å². The van der Waals surface area contributed by atoms with Crippen LogP contribution in [0.4, 0.5) is 4.39 Å². The van der Waals surface area contributed by atoms with E-state index in [4.69, 9.17) is 9.84 Å². The second-order valence-electron chi connectivity index (χ2n) is 5.72. The van der Waals surface area contributed by atoms with E-state index in [2.05, 4.69) is 4.90 Å². The van der Waals surface area contributed by atoms with Crippen molar-refractivity contribution >= 4 is 5.91 Å². The number of amides is 1. The lowest BCUT2D eigenvalue weighted by Crippen LogP contribution is -2.36. The van der Waals surface area contributed by atoms with E-state index in [0.717, 1.165) is 32.6 Å². The molecule has 0 atom stereocenters. The fourth-order valence-electron chi connectivity index (χ4n) is 2.74. The number of nitrogens with zero attached hydrogens (tertiary/aromatic N) is 2. The number of ether oxygens (including phenoxy) is 1. The molecule has 6 heteroatoms. The average Bonchev–Trinajstić information content (AvgIpc) is 2.77. The van der Waals surface area contributed by atoms with Crippen LogP contribution in [0.25, 0.3) is 0 Å². The van der Waals surface area contributed by atoms with Gasteiger partial charge in [-0.25, -0.2) is 4.39 Å². The number of benzene rings is 1. The largest absolute Gasteiger partial charge is 0.394 e. The van der Waals surface area contributed by atoms with Gasteiger partial charge in [0.25, 0.3) is 0 Å². The van der Waals surface area contributed by atoms with Crippen LogP contribution >= 0.6 is 0 Å². The molecule has 0 bridgehead atoms. The summed E-state index contributed by atoms with van der Waals surface area (Å²) in [5.41, 5.74) is 0.716. The second-order valence-corrected chi connectivity index (χ2v) is 5.72. The van der Waals surface area contributed by atoms with Crippen molar-refractivity contribution in [2.75, 3.05) is 52.5 Å². The van der Waals surface area contributed by atoms with Gasteiger partial charge in [0, 0.05) is 26.2 Å². The van der Waals surface area contributed by atoms with Gasteiger partial charge in [-0.3, -0.25) is 9.69 Å². The maximum absolute atomic E-state index is 13.2. The molecule has 0 aromatic heterocycles. The lowest BCUT2D eigenvalue weighted by molar-refractivity contribution is -0.130. The molecule has 5 nitrogen and oxygen atoms in total. The highest BCUT2D eigenvalue weighted by molar-refractivity contribution is 5.78. The normalized spacial score (nSPS) is 16.3. The van der Waals surface area contributed by atoms with Crippen molar-refractivity contribution in [3.05, 3.63) is 35.6 Å². The van der Waals surface area contributed by atoms with Gasteiger partial charge in [0.05, 0.1) is 26.2 Å². The minimum Gasteiger partial charge on any atom is -0.394 e. The molecule has 1 aliphatic rings. The summed E-state index contributed by atoms with van der Waals surface area (Å²) in [6, 6.07) is 6.22. The number of aliphatic hydroxyl groups is 1. The van der Waals surface area contributed by atoms with Crippen molar-refractivity contribution < 1.29 is 19.0 Å². The van der Waals surface area contributed by atoms with Crippen LogP contribution in [0.5, 0.6) is 0 Å². The lowest BCUT2D eigenvalue weighted by Gasteiger charge is -2.22. The third-order valence-electron chi connectivity index (χ3n) is 3.97. The topological polar surface area (TPSA) is 53.0 Å². The van der Waals surface area contributed by atoms with Crippen molar-refractivity contribution in [2.24, 2.45) is 0 Å². The van der Waals surface area contributed by atoms with Gasteiger partial charge in [-0.1, -0.05) is 12.1 Å². The molecule has 0 unspecified atom stereocenters. The highest BCUT2D eigenvalue weighted by Crippen LogP contribution is 2.09. The first-order valence-corrected chi connectivity index (χ1v) is 8.12. The second kappa shape index (κ2) is 9.60. The van der Waals surface area contributed by atoms with Gasteiger partial charge in [-0.15, -0.1) is 0 Å². The molecule has 1 aliphatic heterocycles. The maximum Gasteiger partial charge on any atom is 0.227 e. The molecule has 1 N–H and O–H groups in total. The van der Waals surface area contributed by atoms with Gasteiger partial charge in [-0.2, -0.15) is 0 Å². The Morgan fingerprint density at radius 1 is 1.22 bits per heavy atom. The zero-order valence-electron chi connectivity index (χ0n) is 13.4. The Hall–Kier alpha value is -1.50. The smallest absolute Gasteiger partial charge is 0.227 e. The molecule has 2 rings (SSSR count). The predicted octanol–water partition coefficient (Wildman–Crippen LogP) is 0.911. The van der Waals surface area contributed by atoms with Crippen molar-refractivity contribution in [1.29, 1.82) is 0 Å². The summed E-state index contributed by atoms with van der Waals surface area (Å²) in [7, 11) is 0. The van der Waals surface area contributed by atoms with Crippen LogP contribution in [0.1, 0.15) is 12.0 Å². The monoisotopic (exact) mass is 324 g/mol. The summed E-state index contributed by atoms with van der Waals surface area (Å²) in [4.78, 5) is 16.5. The van der Waals surface area contributed by atoms with E-state index in [9.17, 15) is 9.18 Å². The van der Waals surface area contributed by atoms with E-state index in [1.165, 1.54) is 12.1 Å². The van der Waals surface area contributed by atoms with Crippen LogP contribution < -0.4 is 0 Å². The average molecular weight is 324 g/mol. The van der Waals surface area contributed by atoms with E-state index >= 15 is 0 Å². The Morgan fingerprint density at radius 3 is 2.87 bits per heavy atom. The first kappa shape index (κ1) is 17.8. The zero-order valence-corrected chi connectivity index (χ0v) is 13.4. The van der Waals surface area contributed by atoms with Gasteiger partial charge in [0.15, 0.2) is 0 Å². The standard InChI is InChI=1S/C17H25FN2O3/c18-16-4-1-3-15(13-16)14-17(22)20-6-2-5-19(7-8-20)9-11-23-12-10-21/h1,3-4,13,21H,2,5-12,14H2. The molecule has 1 heterocycles. The number of carbonyl (C=O) groups excluding carboxylic acids is 1. The number of rotatable bonds is 7. The molecule has 0 saturated carbocycles. The lowest BCUT2D eigenvalue weighted by atomic mass is 10.1. The Bertz CT molecular complexity index is 498. The zero-order chi connectivity index (χ0) is 16.5. The minimum absolute atomic E-state index is 0.0440. The minimum atomic E-state index is -0.305. The van der Waals surface area contributed by atoms with Crippen LogP contribution in [0, 0.1) is 5.82 Å². The SMILES string of the molecule is O=C(Cc1cccc(F)c1)N1CCCN(CCOCCO)CC1. The van der Waals surface area contributed by atoms with Crippen molar-refractivity contribution in [3.8, 4) is 0 Å². The summed E-state index contributed by atoms with van der Waals surface area (Å²) in [5, 5.41) is 8.68. The Balaban J connectivity index is 1.77. The Morgan fingerprint density at radius 2 is 2.09 bits per heavy atom. The molecular formula is C17H25FN2O3. The van der Waals surface area contributed by atoms with Crippen LogP contribution in [0.15, 0.2) is 24.3 Å². The summed E-state index contributed by atoms with van der Waals surface area (Å²) >= 11 is 0. The van der Waals surface area contributed by atoms with E-state index in [1.54, 1.807) is 12.1 Å². The van der Waals surface area contributed by atoms with Gasteiger partial charge in [-0.05, 0) is 30.7 Å². The van der Waals surface area contributed by atoms with Crippen LogP contribution in [-0.4, -0.2) is 73.4 Å². The number of hydrogen-bond acceptors (Lipinski definition) is 4. The first-order chi connectivity index (χ1) is 11.2. The molecule has 1 amide bonds. The van der Waals surface area contributed by atoms with E-state index < -0.39 is 0 Å². The van der Waals surface area contributed by atoms with Crippen LogP contribution in [0.2, 0.25) is 0 Å².